The zero-order valence-corrected chi connectivity index (χ0v) is 18.6. The van der Waals surface area contributed by atoms with Gasteiger partial charge in [-0.2, -0.15) is 5.10 Å². The van der Waals surface area contributed by atoms with Crippen LogP contribution in [0.15, 0.2) is 71.8 Å². The van der Waals surface area contributed by atoms with Crippen LogP contribution in [0.3, 0.4) is 0 Å². The molecule has 3 aromatic rings. The summed E-state index contributed by atoms with van der Waals surface area (Å²) in [5.74, 6) is 1.67. The number of hydrogen-bond donors (Lipinski definition) is 2. The lowest BCUT2D eigenvalue weighted by atomic mass is 10.2. The van der Waals surface area contributed by atoms with Crippen LogP contribution in [0.1, 0.15) is 11.1 Å². The highest BCUT2D eigenvalue weighted by Crippen LogP contribution is 2.36. The van der Waals surface area contributed by atoms with E-state index < -0.39 is 6.03 Å². The molecular formula is C24H24ClN3O4. The number of nitrogens with zero attached hydrogens (tertiary/aromatic N) is 1. The number of halogens is 1. The molecule has 32 heavy (non-hydrogen) atoms. The van der Waals surface area contributed by atoms with Gasteiger partial charge in [0.25, 0.3) is 0 Å². The van der Waals surface area contributed by atoms with Gasteiger partial charge in [0.15, 0.2) is 11.5 Å². The van der Waals surface area contributed by atoms with Gasteiger partial charge in [-0.15, -0.1) is 0 Å². The molecule has 0 saturated heterocycles. The summed E-state index contributed by atoms with van der Waals surface area (Å²) in [7, 11) is 1.52. The van der Waals surface area contributed by atoms with Crippen molar-refractivity contribution in [1.82, 2.24) is 5.43 Å². The Morgan fingerprint density at radius 3 is 2.47 bits per heavy atom. The van der Waals surface area contributed by atoms with E-state index in [-0.39, 0.29) is 0 Å². The van der Waals surface area contributed by atoms with Crippen molar-refractivity contribution >= 4 is 29.5 Å². The maximum Gasteiger partial charge on any atom is 0.339 e. The number of amides is 2. The average Bonchev–Trinajstić information content (AvgIpc) is 2.79. The van der Waals surface area contributed by atoms with Crippen molar-refractivity contribution in [3.63, 3.8) is 0 Å². The molecule has 0 aromatic heterocycles. The Balaban J connectivity index is 1.55. The first-order valence-electron chi connectivity index (χ1n) is 9.90. The van der Waals surface area contributed by atoms with Crippen LogP contribution in [0.5, 0.6) is 17.2 Å². The minimum atomic E-state index is -0.459. The van der Waals surface area contributed by atoms with Crippen LogP contribution in [0.25, 0.3) is 0 Å². The number of carbonyl (C=O) groups is 1. The number of hydrogen-bond acceptors (Lipinski definition) is 5. The molecule has 0 aliphatic carbocycles. The Bertz CT molecular complexity index is 1070. The van der Waals surface area contributed by atoms with Crippen LogP contribution in [-0.2, 0) is 0 Å². The van der Waals surface area contributed by atoms with Gasteiger partial charge in [0.05, 0.1) is 18.3 Å². The second-order valence-electron chi connectivity index (χ2n) is 6.69. The number of aryl methyl sites for hydroxylation is 1. The number of urea groups is 1. The monoisotopic (exact) mass is 453 g/mol. The molecule has 2 amide bonds. The normalized spacial score (nSPS) is 10.6. The highest BCUT2D eigenvalue weighted by atomic mass is 35.5. The second kappa shape index (κ2) is 11.6. The van der Waals surface area contributed by atoms with Gasteiger partial charge in [-0.25, -0.2) is 10.2 Å². The number of hydrazone groups is 1. The SMILES string of the molecule is COc1cc(C=NNC(=O)Nc2ccccc2)cc(Cl)c1OCCOc1ccccc1C. The lowest BCUT2D eigenvalue weighted by Gasteiger charge is -2.14. The lowest BCUT2D eigenvalue weighted by molar-refractivity contribution is 0.210. The topological polar surface area (TPSA) is 81.2 Å². The zero-order chi connectivity index (χ0) is 22.8. The number of nitrogens with one attached hydrogen (secondary N) is 2. The second-order valence-corrected chi connectivity index (χ2v) is 7.09. The number of benzene rings is 3. The van der Waals surface area contributed by atoms with E-state index in [1.807, 2.05) is 49.4 Å². The number of rotatable bonds is 9. The average molecular weight is 454 g/mol. The predicted octanol–water partition coefficient (Wildman–Crippen LogP) is 5.27. The van der Waals surface area contributed by atoms with Gasteiger partial charge in [0.2, 0.25) is 0 Å². The molecule has 7 nitrogen and oxygen atoms in total. The molecule has 3 aromatic carbocycles. The highest BCUT2D eigenvalue weighted by Gasteiger charge is 2.12. The van der Waals surface area contributed by atoms with Crippen molar-refractivity contribution in [1.29, 1.82) is 0 Å². The third kappa shape index (κ3) is 6.65. The number of para-hydroxylation sites is 2. The van der Waals surface area contributed by atoms with Crippen molar-refractivity contribution in [3.05, 3.63) is 82.9 Å². The fourth-order valence-corrected chi connectivity index (χ4v) is 3.09. The zero-order valence-electron chi connectivity index (χ0n) is 17.8. The fourth-order valence-electron chi connectivity index (χ4n) is 2.81. The fraction of sp³-hybridized carbons (Fsp3) is 0.167. The van der Waals surface area contributed by atoms with Crippen LogP contribution >= 0.6 is 11.6 Å². The smallest absolute Gasteiger partial charge is 0.339 e. The summed E-state index contributed by atoms with van der Waals surface area (Å²) in [5, 5.41) is 6.96. The molecule has 166 valence electrons. The van der Waals surface area contributed by atoms with E-state index in [4.69, 9.17) is 25.8 Å². The predicted molar refractivity (Wildman–Crippen MR) is 126 cm³/mol. The molecule has 0 atom stereocenters. The number of anilines is 1. The molecule has 8 heteroatoms. The first-order chi connectivity index (χ1) is 15.6. The van der Waals surface area contributed by atoms with Gasteiger partial charge in [0.1, 0.15) is 19.0 Å². The van der Waals surface area contributed by atoms with E-state index in [0.717, 1.165) is 11.3 Å². The van der Waals surface area contributed by atoms with Crippen LogP contribution in [0.2, 0.25) is 5.02 Å². The van der Waals surface area contributed by atoms with E-state index in [9.17, 15) is 4.79 Å². The molecule has 0 aliphatic rings. The van der Waals surface area contributed by atoms with Crippen LogP contribution in [0.4, 0.5) is 10.5 Å². The third-order valence-corrected chi connectivity index (χ3v) is 4.62. The quantitative estimate of drug-likeness (QED) is 0.263. The maximum absolute atomic E-state index is 11.9. The molecule has 0 saturated carbocycles. The van der Waals surface area contributed by atoms with E-state index in [1.165, 1.54) is 13.3 Å². The van der Waals surface area contributed by atoms with Gasteiger partial charge in [0, 0.05) is 5.69 Å². The summed E-state index contributed by atoms with van der Waals surface area (Å²) in [5.41, 5.74) is 4.75. The van der Waals surface area contributed by atoms with Gasteiger partial charge < -0.3 is 19.5 Å². The van der Waals surface area contributed by atoms with E-state index in [1.54, 1.807) is 24.3 Å². The Morgan fingerprint density at radius 2 is 1.72 bits per heavy atom. The molecule has 0 unspecified atom stereocenters. The van der Waals surface area contributed by atoms with Gasteiger partial charge in [-0.3, -0.25) is 0 Å². The summed E-state index contributed by atoms with van der Waals surface area (Å²) in [4.78, 5) is 11.9. The van der Waals surface area contributed by atoms with E-state index >= 15 is 0 Å². The molecule has 0 fully saturated rings. The van der Waals surface area contributed by atoms with Gasteiger partial charge in [-0.05, 0) is 48.4 Å². The Kier molecular flexibility index (Phi) is 8.34. The van der Waals surface area contributed by atoms with Crippen LogP contribution < -0.4 is 25.0 Å². The minimum absolute atomic E-state index is 0.291. The largest absolute Gasteiger partial charge is 0.493 e. The Labute approximate surface area is 192 Å². The van der Waals surface area contributed by atoms with E-state index in [2.05, 4.69) is 15.8 Å². The summed E-state index contributed by atoms with van der Waals surface area (Å²) in [6, 6.07) is 19.8. The highest BCUT2D eigenvalue weighted by molar-refractivity contribution is 6.32. The summed E-state index contributed by atoms with van der Waals surface area (Å²) in [6.45, 7) is 2.63. The molecule has 2 N–H and O–H groups in total. The Morgan fingerprint density at radius 1 is 1.00 bits per heavy atom. The summed E-state index contributed by atoms with van der Waals surface area (Å²) >= 11 is 6.38. The van der Waals surface area contributed by atoms with Crippen molar-refractivity contribution in [2.24, 2.45) is 5.10 Å². The lowest BCUT2D eigenvalue weighted by Crippen LogP contribution is -2.24. The standard InChI is InChI=1S/C24H24ClN3O4/c1-17-8-6-7-11-21(17)31-12-13-32-23-20(25)14-18(15-22(23)30-2)16-26-28-24(29)27-19-9-4-3-5-10-19/h3-11,14-16H,12-13H2,1-2H3,(H2,27,28,29). The number of methoxy groups -OCH3 is 1. The van der Waals surface area contributed by atoms with Crippen LogP contribution in [0, 0.1) is 6.92 Å². The number of ether oxygens (including phenoxy) is 3. The summed E-state index contributed by atoms with van der Waals surface area (Å²) < 4.78 is 16.9. The first kappa shape index (κ1) is 23.0. The summed E-state index contributed by atoms with van der Waals surface area (Å²) in [6.07, 6.45) is 1.46. The maximum atomic E-state index is 11.9. The molecule has 0 bridgehead atoms. The van der Waals surface area contributed by atoms with Crippen molar-refractivity contribution in [3.8, 4) is 17.2 Å². The Hall–Kier alpha value is -3.71. The molecule has 0 radical (unpaired) electrons. The van der Waals surface area contributed by atoms with Crippen molar-refractivity contribution in [2.45, 2.75) is 6.92 Å². The van der Waals surface area contributed by atoms with Crippen molar-refractivity contribution in [2.75, 3.05) is 25.6 Å². The molecular weight excluding hydrogens is 430 g/mol. The van der Waals surface area contributed by atoms with Gasteiger partial charge >= 0.3 is 6.03 Å². The molecule has 0 aliphatic heterocycles. The number of carbonyl (C=O) groups excluding carboxylic acids is 1. The van der Waals surface area contributed by atoms with Crippen molar-refractivity contribution < 1.29 is 19.0 Å². The van der Waals surface area contributed by atoms with E-state index in [0.29, 0.717) is 41.0 Å². The molecule has 0 spiro atoms. The minimum Gasteiger partial charge on any atom is -0.493 e. The molecule has 0 heterocycles. The first-order valence-corrected chi connectivity index (χ1v) is 10.3. The van der Waals surface area contributed by atoms with Gasteiger partial charge in [-0.1, -0.05) is 48.0 Å². The van der Waals surface area contributed by atoms with Crippen LogP contribution in [-0.4, -0.2) is 32.6 Å². The molecule has 3 rings (SSSR count). The third-order valence-electron chi connectivity index (χ3n) is 4.34.